The fraction of sp³-hybridized carbons (Fsp3) is 0.267. The van der Waals surface area contributed by atoms with Gasteiger partial charge < -0.3 is 18.6 Å². The first-order chi connectivity index (χ1) is 10.4. The Morgan fingerprint density at radius 2 is 1.77 bits per heavy atom. The maximum Gasteiger partial charge on any atom is 0.383 e. The van der Waals surface area contributed by atoms with E-state index in [-0.39, 0.29) is 29.4 Å². The van der Waals surface area contributed by atoms with Crippen LogP contribution in [-0.4, -0.2) is 18.5 Å². The molecule has 2 aromatic rings. The second-order valence-electron chi connectivity index (χ2n) is 4.33. The van der Waals surface area contributed by atoms with Crippen LogP contribution in [0.2, 0.25) is 0 Å². The number of rotatable bonds is 4. The summed E-state index contributed by atoms with van der Waals surface area (Å²) in [5.74, 6) is -1.13. The molecule has 0 aliphatic rings. The molecule has 0 bridgehead atoms. The lowest BCUT2D eigenvalue weighted by atomic mass is 10.2. The van der Waals surface area contributed by atoms with Gasteiger partial charge in [-0.05, 0) is 19.1 Å². The molecule has 0 aliphatic heterocycles. The van der Waals surface area contributed by atoms with Gasteiger partial charge in [-0.15, -0.1) is 0 Å². The highest BCUT2D eigenvalue weighted by Crippen LogP contribution is 2.34. The summed E-state index contributed by atoms with van der Waals surface area (Å²) in [5.41, 5.74) is -0.700. The molecule has 0 atom stereocenters. The normalized spacial score (nSPS) is 10.3. The predicted molar refractivity (Wildman–Crippen MR) is 76.3 cm³/mol. The van der Waals surface area contributed by atoms with Crippen molar-refractivity contribution >= 4 is 22.9 Å². The van der Waals surface area contributed by atoms with Crippen molar-refractivity contribution in [3.63, 3.8) is 0 Å². The third-order valence-corrected chi connectivity index (χ3v) is 2.59. The van der Waals surface area contributed by atoms with E-state index in [0.717, 1.165) is 0 Å². The second kappa shape index (κ2) is 6.30. The van der Waals surface area contributed by atoms with E-state index >= 15 is 0 Å². The average Bonchev–Trinajstić information content (AvgIpc) is 2.41. The minimum atomic E-state index is -0.855. The van der Waals surface area contributed by atoms with Crippen LogP contribution in [0.3, 0.4) is 0 Å². The Balaban J connectivity index is 2.66. The Kier molecular flexibility index (Phi) is 4.45. The van der Waals surface area contributed by atoms with Crippen LogP contribution in [0.25, 0.3) is 11.0 Å². The Hall–Kier alpha value is -2.83. The van der Waals surface area contributed by atoms with Gasteiger partial charge in [0.15, 0.2) is 5.75 Å². The summed E-state index contributed by atoms with van der Waals surface area (Å²) in [5, 5.41) is 0.425. The predicted octanol–water partition coefficient (Wildman–Crippen LogP) is 2.04. The van der Waals surface area contributed by atoms with E-state index < -0.39 is 17.6 Å². The SMILES string of the molecule is CCOc1c(OC(C)=O)c(=O)oc2cc(OC(C)=O)ccc12. The van der Waals surface area contributed by atoms with Crippen molar-refractivity contribution in [3.05, 3.63) is 28.6 Å². The molecule has 1 aromatic carbocycles. The van der Waals surface area contributed by atoms with E-state index in [1.165, 1.54) is 26.0 Å². The number of hydrogen-bond donors (Lipinski definition) is 0. The molecule has 22 heavy (non-hydrogen) atoms. The van der Waals surface area contributed by atoms with Gasteiger partial charge in [0, 0.05) is 19.9 Å². The topological polar surface area (TPSA) is 92.0 Å². The third kappa shape index (κ3) is 3.25. The molecule has 116 valence electrons. The van der Waals surface area contributed by atoms with Gasteiger partial charge >= 0.3 is 17.6 Å². The summed E-state index contributed by atoms with van der Waals surface area (Å²) in [7, 11) is 0. The quantitative estimate of drug-likeness (QED) is 0.485. The van der Waals surface area contributed by atoms with E-state index in [0.29, 0.717) is 5.39 Å². The van der Waals surface area contributed by atoms with Crippen LogP contribution in [0, 0.1) is 0 Å². The van der Waals surface area contributed by atoms with Gasteiger partial charge in [0.05, 0.1) is 12.0 Å². The van der Waals surface area contributed by atoms with Gasteiger partial charge in [-0.1, -0.05) is 0 Å². The van der Waals surface area contributed by atoms with Crippen LogP contribution in [0.15, 0.2) is 27.4 Å². The molecule has 7 heteroatoms. The highest BCUT2D eigenvalue weighted by molar-refractivity contribution is 5.88. The fourth-order valence-electron chi connectivity index (χ4n) is 1.88. The zero-order valence-corrected chi connectivity index (χ0v) is 12.3. The van der Waals surface area contributed by atoms with E-state index in [9.17, 15) is 14.4 Å². The first-order valence-electron chi connectivity index (χ1n) is 6.53. The zero-order chi connectivity index (χ0) is 16.3. The molecule has 0 fully saturated rings. The lowest BCUT2D eigenvalue weighted by molar-refractivity contribution is -0.133. The second-order valence-corrected chi connectivity index (χ2v) is 4.33. The molecule has 0 aliphatic carbocycles. The number of carbonyl (C=O) groups is 2. The summed E-state index contributed by atoms with van der Waals surface area (Å²) < 4.78 is 20.3. The highest BCUT2D eigenvalue weighted by Gasteiger charge is 2.19. The summed E-state index contributed by atoms with van der Waals surface area (Å²) in [4.78, 5) is 34.0. The van der Waals surface area contributed by atoms with Crippen LogP contribution in [-0.2, 0) is 9.59 Å². The Bertz CT molecular complexity index is 788. The number of hydrogen-bond acceptors (Lipinski definition) is 7. The summed E-state index contributed by atoms with van der Waals surface area (Å²) in [6.45, 7) is 4.42. The Morgan fingerprint density at radius 3 is 2.36 bits per heavy atom. The Labute approximate surface area is 125 Å². The maximum absolute atomic E-state index is 12.0. The first-order valence-corrected chi connectivity index (χ1v) is 6.53. The molecule has 0 spiro atoms. The van der Waals surface area contributed by atoms with Crippen molar-refractivity contribution in [2.45, 2.75) is 20.8 Å². The summed E-state index contributed by atoms with van der Waals surface area (Å²) >= 11 is 0. The molecule has 2 rings (SSSR count). The van der Waals surface area contributed by atoms with E-state index in [2.05, 4.69) is 0 Å². The number of ether oxygens (including phenoxy) is 3. The third-order valence-electron chi connectivity index (χ3n) is 2.59. The minimum Gasteiger partial charge on any atom is -0.489 e. The van der Waals surface area contributed by atoms with Gasteiger partial charge in [0.25, 0.3) is 5.75 Å². The summed E-state index contributed by atoms with van der Waals surface area (Å²) in [6, 6.07) is 4.45. The van der Waals surface area contributed by atoms with E-state index in [1.807, 2.05) is 0 Å². The molecule has 7 nitrogen and oxygen atoms in total. The molecule has 0 N–H and O–H groups in total. The van der Waals surface area contributed by atoms with Gasteiger partial charge in [0.2, 0.25) is 0 Å². The lowest BCUT2D eigenvalue weighted by Crippen LogP contribution is -2.13. The van der Waals surface area contributed by atoms with Crippen LogP contribution < -0.4 is 19.8 Å². The van der Waals surface area contributed by atoms with Crippen molar-refractivity contribution in [1.82, 2.24) is 0 Å². The molecule has 0 saturated heterocycles. The van der Waals surface area contributed by atoms with Crippen LogP contribution in [0.1, 0.15) is 20.8 Å². The molecule has 0 unspecified atom stereocenters. The van der Waals surface area contributed by atoms with Crippen molar-refractivity contribution in [2.24, 2.45) is 0 Å². The van der Waals surface area contributed by atoms with E-state index in [1.54, 1.807) is 13.0 Å². The van der Waals surface area contributed by atoms with Crippen molar-refractivity contribution in [2.75, 3.05) is 6.61 Å². The van der Waals surface area contributed by atoms with Crippen LogP contribution in [0.4, 0.5) is 0 Å². The molecule has 0 radical (unpaired) electrons. The molecule has 0 amide bonds. The molecular formula is C15H14O7. The van der Waals surface area contributed by atoms with Crippen LogP contribution in [0.5, 0.6) is 17.2 Å². The average molecular weight is 306 g/mol. The number of benzene rings is 1. The smallest absolute Gasteiger partial charge is 0.383 e. The van der Waals surface area contributed by atoms with Crippen LogP contribution >= 0.6 is 0 Å². The monoisotopic (exact) mass is 306 g/mol. The zero-order valence-electron chi connectivity index (χ0n) is 12.3. The van der Waals surface area contributed by atoms with E-state index in [4.69, 9.17) is 18.6 Å². The largest absolute Gasteiger partial charge is 0.489 e. The van der Waals surface area contributed by atoms with Gasteiger partial charge in [0.1, 0.15) is 11.3 Å². The first kappa shape index (κ1) is 15.6. The van der Waals surface area contributed by atoms with Crippen molar-refractivity contribution in [3.8, 4) is 17.2 Å². The minimum absolute atomic E-state index is 0.110. The highest BCUT2D eigenvalue weighted by atomic mass is 16.6. The van der Waals surface area contributed by atoms with Crippen molar-refractivity contribution in [1.29, 1.82) is 0 Å². The van der Waals surface area contributed by atoms with Gasteiger partial charge in [-0.25, -0.2) is 4.79 Å². The fourth-order valence-corrected chi connectivity index (χ4v) is 1.88. The summed E-state index contributed by atoms with van der Waals surface area (Å²) in [6.07, 6.45) is 0. The molecular weight excluding hydrogens is 292 g/mol. The Morgan fingerprint density at radius 1 is 1.09 bits per heavy atom. The molecule has 0 saturated carbocycles. The number of fused-ring (bicyclic) bond motifs is 1. The van der Waals surface area contributed by atoms with Crippen molar-refractivity contribution < 1.29 is 28.2 Å². The standard InChI is InChI=1S/C15H14O7/c1-4-19-13-11-6-5-10(20-8(2)16)7-12(11)22-15(18)14(13)21-9(3)17/h5-7H,4H2,1-3H3. The van der Waals surface area contributed by atoms with Gasteiger partial charge in [-0.3, -0.25) is 9.59 Å². The molecule has 1 heterocycles. The number of esters is 2. The lowest BCUT2D eigenvalue weighted by Gasteiger charge is -2.11. The van der Waals surface area contributed by atoms with Gasteiger partial charge in [-0.2, -0.15) is 0 Å². The maximum atomic E-state index is 12.0. The number of carbonyl (C=O) groups excluding carboxylic acids is 2. The molecule has 1 aromatic heterocycles.